The summed E-state index contributed by atoms with van der Waals surface area (Å²) in [5.41, 5.74) is 4.49. The largest absolute Gasteiger partial charge is 0.377 e. The van der Waals surface area contributed by atoms with Gasteiger partial charge in [-0.25, -0.2) is 9.97 Å². The summed E-state index contributed by atoms with van der Waals surface area (Å²) in [4.78, 5) is 21.2. The molecule has 0 spiro atoms. The molecule has 0 unspecified atom stereocenters. The lowest BCUT2D eigenvalue weighted by Crippen LogP contribution is -2.41. The molecule has 1 aliphatic carbocycles. The molecule has 3 aromatic heterocycles. The first-order chi connectivity index (χ1) is 17.7. The first-order valence-electron chi connectivity index (χ1n) is 12.9. The highest BCUT2D eigenvalue weighted by atomic mass is 35.5. The first kappa shape index (κ1) is 23.4. The summed E-state index contributed by atoms with van der Waals surface area (Å²) in [7, 11) is 0. The molecular formula is C28H31ClN6O. The third kappa shape index (κ3) is 4.58. The van der Waals surface area contributed by atoms with Gasteiger partial charge in [0.2, 0.25) is 5.95 Å². The summed E-state index contributed by atoms with van der Waals surface area (Å²) in [6.07, 6.45) is 10.1. The number of hydrogen-bond donors (Lipinski definition) is 0. The van der Waals surface area contributed by atoms with E-state index in [1.165, 1.54) is 31.2 Å². The molecule has 0 N–H and O–H groups in total. The van der Waals surface area contributed by atoms with Crippen molar-refractivity contribution in [2.45, 2.75) is 45.2 Å². The molecule has 7 nitrogen and oxygen atoms in total. The van der Waals surface area contributed by atoms with Crippen LogP contribution < -0.4 is 4.90 Å². The Morgan fingerprint density at radius 1 is 1.06 bits per heavy atom. The lowest BCUT2D eigenvalue weighted by atomic mass is 9.83. The van der Waals surface area contributed by atoms with Crippen LogP contribution in [0.2, 0.25) is 5.15 Å². The molecule has 1 atom stereocenters. The van der Waals surface area contributed by atoms with Crippen LogP contribution in [0.25, 0.3) is 22.4 Å². The van der Waals surface area contributed by atoms with Gasteiger partial charge in [0.25, 0.3) is 0 Å². The highest BCUT2D eigenvalue weighted by molar-refractivity contribution is 6.30. The number of rotatable bonds is 5. The van der Waals surface area contributed by atoms with E-state index in [-0.39, 0.29) is 6.04 Å². The van der Waals surface area contributed by atoms with E-state index in [9.17, 15) is 0 Å². The molecular weight excluding hydrogens is 472 g/mol. The summed E-state index contributed by atoms with van der Waals surface area (Å²) in [5, 5.41) is 0.410. The minimum atomic E-state index is 0.0882. The lowest BCUT2D eigenvalue weighted by molar-refractivity contribution is 0.0927. The summed E-state index contributed by atoms with van der Waals surface area (Å²) in [5.74, 6) is 2.35. The Morgan fingerprint density at radius 2 is 1.89 bits per heavy atom. The predicted octanol–water partition coefficient (Wildman–Crippen LogP) is 5.95. The fraction of sp³-hybridized carbons (Fsp3) is 0.429. The second-order valence-corrected chi connectivity index (χ2v) is 10.5. The van der Waals surface area contributed by atoms with Crippen LogP contribution in [0.3, 0.4) is 0 Å². The van der Waals surface area contributed by atoms with E-state index in [4.69, 9.17) is 26.3 Å². The molecule has 1 aliphatic heterocycles. The van der Waals surface area contributed by atoms with Crippen LogP contribution in [0.15, 0.2) is 55.0 Å². The maximum absolute atomic E-state index is 6.51. The van der Waals surface area contributed by atoms with Crippen molar-refractivity contribution < 1.29 is 4.74 Å². The van der Waals surface area contributed by atoms with Gasteiger partial charge in [-0.05, 0) is 30.2 Å². The molecule has 2 aliphatic rings. The molecule has 0 radical (unpaired) electrons. The molecule has 36 heavy (non-hydrogen) atoms. The molecule has 2 fully saturated rings. The van der Waals surface area contributed by atoms with Crippen molar-refractivity contribution in [1.82, 2.24) is 24.5 Å². The van der Waals surface area contributed by atoms with Crippen LogP contribution in [-0.4, -0.2) is 44.3 Å². The minimum Gasteiger partial charge on any atom is -0.377 e. The third-order valence-corrected chi connectivity index (χ3v) is 7.82. The molecule has 0 amide bonds. The number of anilines is 1. The first-order valence-corrected chi connectivity index (χ1v) is 13.3. The predicted molar refractivity (Wildman–Crippen MR) is 142 cm³/mol. The average Bonchev–Trinajstić information content (AvgIpc) is 3.28. The third-order valence-electron chi connectivity index (χ3n) is 7.62. The van der Waals surface area contributed by atoms with Gasteiger partial charge in [-0.2, -0.15) is 0 Å². The number of benzene rings is 1. The zero-order valence-electron chi connectivity index (χ0n) is 20.6. The van der Waals surface area contributed by atoms with Crippen LogP contribution >= 0.6 is 11.6 Å². The number of aromatic nitrogens is 5. The van der Waals surface area contributed by atoms with E-state index in [1.54, 1.807) is 18.6 Å². The zero-order chi connectivity index (χ0) is 24.5. The van der Waals surface area contributed by atoms with Crippen molar-refractivity contribution in [2.24, 2.45) is 11.8 Å². The summed E-state index contributed by atoms with van der Waals surface area (Å²) in [6.45, 7) is 5.33. The van der Waals surface area contributed by atoms with Gasteiger partial charge in [0.1, 0.15) is 16.5 Å². The van der Waals surface area contributed by atoms with E-state index < -0.39 is 0 Å². The van der Waals surface area contributed by atoms with Gasteiger partial charge in [0.15, 0.2) is 0 Å². The number of ether oxygens (including phenoxy) is 1. The van der Waals surface area contributed by atoms with Gasteiger partial charge in [-0.1, -0.05) is 61.7 Å². The molecule has 4 heterocycles. The normalized spacial score (nSPS) is 22.7. The van der Waals surface area contributed by atoms with Crippen LogP contribution in [-0.2, 0) is 11.3 Å². The van der Waals surface area contributed by atoms with Gasteiger partial charge in [0, 0.05) is 31.5 Å². The maximum Gasteiger partial charge on any atom is 0.207 e. The van der Waals surface area contributed by atoms with E-state index in [1.807, 2.05) is 6.07 Å². The minimum absolute atomic E-state index is 0.0882. The molecule has 1 saturated heterocycles. The molecule has 4 aromatic rings. The average molecular weight is 503 g/mol. The van der Waals surface area contributed by atoms with Crippen LogP contribution in [0.1, 0.15) is 44.2 Å². The van der Waals surface area contributed by atoms with Crippen molar-refractivity contribution in [1.29, 1.82) is 0 Å². The summed E-state index contributed by atoms with van der Waals surface area (Å²) in [6, 6.07) is 12.5. The van der Waals surface area contributed by atoms with Crippen molar-refractivity contribution in [3.8, 4) is 11.4 Å². The highest BCUT2D eigenvalue weighted by Gasteiger charge is 2.31. The Kier molecular flexibility index (Phi) is 6.59. The SMILES string of the molecule is CC1CCC(Cn2c(N3CCOC[C@H]3c3ccccc3)nc3cc(Cl)nc(-c4cnccn4)c32)CC1. The zero-order valence-corrected chi connectivity index (χ0v) is 21.3. The second kappa shape index (κ2) is 10.1. The van der Waals surface area contributed by atoms with Crippen LogP contribution in [0, 0.1) is 11.8 Å². The monoisotopic (exact) mass is 502 g/mol. The summed E-state index contributed by atoms with van der Waals surface area (Å²) < 4.78 is 8.33. The number of pyridine rings is 1. The van der Waals surface area contributed by atoms with Gasteiger partial charge in [-0.15, -0.1) is 0 Å². The molecule has 1 saturated carbocycles. The lowest BCUT2D eigenvalue weighted by Gasteiger charge is -2.37. The number of imidazole rings is 1. The molecule has 0 bridgehead atoms. The van der Waals surface area contributed by atoms with E-state index in [2.05, 4.69) is 56.7 Å². The van der Waals surface area contributed by atoms with Gasteiger partial charge in [0.05, 0.1) is 36.5 Å². The van der Waals surface area contributed by atoms with Crippen LogP contribution in [0.4, 0.5) is 5.95 Å². The number of nitrogens with zero attached hydrogens (tertiary/aromatic N) is 6. The topological polar surface area (TPSA) is 69.0 Å². The van der Waals surface area contributed by atoms with E-state index in [0.717, 1.165) is 41.7 Å². The van der Waals surface area contributed by atoms with E-state index in [0.29, 0.717) is 30.0 Å². The van der Waals surface area contributed by atoms with Gasteiger partial charge < -0.3 is 14.2 Å². The maximum atomic E-state index is 6.51. The molecule has 8 heteroatoms. The summed E-state index contributed by atoms with van der Waals surface area (Å²) >= 11 is 6.51. The molecule has 186 valence electrons. The fourth-order valence-corrected chi connectivity index (χ4v) is 5.86. The van der Waals surface area contributed by atoms with Gasteiger partial charge >= 0.3 is 0 Å². The Bertz CT molecular complexity index is 1320. The van der Waals surface area contributed by atoms with Gasteiger partial charge in [-0.3, -0.25) is 9.97 Å². The highest BCUT2D eigenvalue weighted by Crippen LogP contribution is 2.38. The quantitative estimate of drug-likeness (QED) is 0.314. The standard InChI is InChI=1S/C28H31ClN6O/c1-19-7-9-20(10-8-19)17-35-27-22(15-25(29)33-26(27)23-16-30-11-12-31-23)32-28(35)34-13-14-36-18-24(34)21-5-3-2-4-6-21/h2-6,11-12,15-16,19-20,24H,7-10,13-14,17-18H2,1H3/t19?,20?,24-/m0/s1. The van der Waals surface area contributed by atoms with Crippen molar-refractivity contribution in [2.75, 3.05) is 24.7 Å². The number of morpholine rings is 1. The Balaban J connectivity index is 1.52. The van der Waals surface area contributed by atoms with E-state index >= 15 is 0 Å². The van der Waals surface area contributed by atoms with Crippen LogP contribution in [0.5, 0.6) is 0 Å². The Morgan fingerprint density at radius 3 is 2.67 bits per heavy atom. The smallest absolute Gasteiger partial charge is 0.207 e. The second-order valence-electron chi connectivity index (χ2n) is 10.1. The van der Waals surface area contributed by atoms with Crippen molar-refractivity contribution in [3.05, 3.63) is 65.7 Å². The fourth-order valence-electron chi connectivity index (χ4n) is 5.67. The number of fused-ring (bicyclic) bond motifs is 1. The van der Waals surface area contributed by atoms with Crippen molar-refractivity contribution >= 4 is 28.6 Å². The Hall–Kier alpha value is -3.03. The molecule has 6 rings (SSSR count). The number of halogens is 1. The number of hydrogen-bond acceptors (Lipinski definition) is 6. The Labute approximate surface area is 216 Å². The molecule has 1 aromatic carbocycles. The van der Waals surface area contributed by atoms with Crippen molar-refractivity contribution in [3.63, 3.8) is 0 Å².